The highest BCUT2D eigenvalue weighted by Crippen LogP contribution is 2.25. The highest BCUT2D eigenvalue weighted by Gasteiger charge is 2.32. The third-order valence-electron chi connectivity index (χ3n) is 3.98. The Labute approximate surface area is 114 Å². The smallest absolute Gasteiger partial charge is 0.308 e. The van der Waals surface area contributed by atoms with Gasteiger partial charge in [0.1, 0.15) is 5.75 Å². The van der Waals surface area contributed by atoms with Crippen molar-refractivity contribution in [2.75, 3.05) is 13.7 Å². The van der Waals surface area contributed by atoms with Crippen LogP contribution in [-0.2, 0) is 11.3 Å². The lowest BCUT2D eigenvalue weighted by molar-refractivity contribution is -0.145. The van der Waals surface area contributed by atoms with Crippen LogP contribution >= 0.6 is 0 Å². The van der Waals surface area contributed by atoms with Crippen LogP contribution in [0.3, 0.4) is 0 Å². The molecule has 4 nitrogen and oxygen atoms in total. The average Bonchev–Trinajstić information content (AvgIpc) is 2.41. The summed E-state index contributed by atoms with van der Waals surface area (Å²) in [7, 11) is 1.65. The van der Waals surface area contributed by atoms with Crippen molar-refractivity contribution in [2.24, 2.45) is 5.92 Å². The van der Waals surface area contributed by atoms with E-state index in [1.54, 1.807) is 7.11 Å². The molecule has 0 aromatic heterocycles. The van der Waals surface area contributed by atoms with Crippen LogP contribution in [0.15, 0.2) is 24.3 Å². The number of carboxylic acid groups (broad SMARTS) is 1. The van der Waals surface area contributed by atoms with Gasteiger partial charge in [-0.25, -0.2) is 0 Å². The van der Waals surface area contributed by atoms with Gasteiger partial charge in [0.15, 0.2) is 0 Å². The van der Waals surface area contributed by atoms with E-state index in [-0.39, 0.29) is 12.0 Å². The number of carbonyl (C=O) groups is 1. The molecule has 1 saturated heterocycles. The van der Waals surface area contributed by atoms with Gasteiger partial charge < -0.3 is 9.84 Å². The van der Waals surface area contributed by atoms with Gasteiger partial charge >= 0.3 is 5.97 Å². The van der Waals surface area contributed by atoms with Crippen LogP contribution in [0.25, 0.3) is 0 Å². The fourth-order valence-corrected chi connectivity index (χ4v) is 2.73. The Hall–Kier alpha value is -1.55. The van der Waals surface area contributed by atoms with Crippen molar-refractivity contribution in [2.45, 2.75) is 32.4 Å². The number of ether oxygens (including phenoxy) is 1. The fraction of sp³-hybridized carbons (Fsp3) is 0.533. The highest BCUT2D eigenvalue weighted by molar-refractivity contribution is 5.70. The minimum Gasteiger partial charge on any atom is -0.497 e. The molecule has 0 radical (unpaired) electrons. The molecule has 0 saturated carbocycles. The van der Waals surface area contributed by atoms with Crippen LogP contribution in [0, 0.1) is 5.92 Å². The molecule has 0 spiro atoms. The van der Waals surface area contributed by atoms with E-state index in [0.717, 1.165) is 31.7 Å². The molecule has 0 amide bonds. The first-order valence-electron chi connectivity index (χ1n) is 6.71. The predicted molar refractivity (Wildman–Crippen MR) is 73.2 cm³/mol. The standard InChI is InChI=1S/C15H21NO3/c1-11-14(15(17)18)4-3-9-16(11)10-12-5-7-13(19-2)8-6-12/h5-8,11,14H,3-4,9-10H2,1-2H3,(H,17,18)/t11-,14-/m0/s1. The highest BCUT2D eigenvalue weighted by atomic mass is 16.5. The third kappa shape index (κ3) is 3.26. The molecule has 19 heavy (non-hydrogen) atoms. The maximum atomic E-state index is 11.2. The summed E-state index contributed by atoms with van der Waals surface area (Å²) in [6.45, 7) is 3.79. The van der Waals surface area contributed by atoms with Crippen molar-refractivity contribution in [3.8, 4) is 5.75 Å². The van der Waals surface area contributed by atoms with E-state index in [0.29, 0.717) is 0 Å². The second-order valence-corrected chi connectivity index (χ2v) is 5.15. The summed E-state index contributed by atoms with van der Waals surface area (Å²) < 4.78 is 5.14. The second kappa shape index (κ2) is 6.06. The minimum atomic E-state index is -0.674. The maximum Gasteiger partial charge on any atom is 0.308 e. The van der Waals surface area contributed by atoms with Crippen molar-refractivity contribution >= 4 is 5.97 Å². The first kappa shape index (κ1) is 13.9. The van der Waals surface area contributed by atoms with E-state index in [1.165, 1.54) is 5.56 Å². The molecule has 1 aromatic rings. The van der Waals surface area contributed by atoms with E-state index in [2.05, 4.69) is 4.90 Å². The number of methoxy groups -OCH3 is 1. The van der Waals surface area contributed by atoms with Crippen LogP contribution in [0.5, 0.6) is 5.75 Å². The number of likely N-dealkylation sites (tertiary alicyclic amines) is 1. The van der Waals surface area contributed by atoms with E-state index >= 15 is 0 Å². The van der Waals surface area contributed by atoms with Crippen LogP contribution in [0.2, 0.25) is 0 Å². The summed E-state index contributed by atoms with van der Waals surface area (Å²) in [6, 6.07) is 8.05. The SMILES string of the molecule is COc1ccc(CN2CCC[C@H](C(=O)O)[C@@H]2C)cc1. The molecule has 0 unspecified atom stereocenters. The zero-order chi connectivity index (χ0) is 13.8. The van der Waals surface area contributed by atoms with E-state index in [9.17, 15) is 9.90 Å². The number of carboxylic acids is 1. The molecule has 1 aliphatic rings. The summed E-state index contributed by atoms with van der Waals surface area (Å²) in [4.78, 5) is 13.5. The van der Waals surface area contributed by atoms with Crippen molar-refractivity contribution in [3.05, 3.63) is 29.8 Å². The topological polar surface area (TPSA) is 49.8 Å². The van der Waals surface area contributed by atoms with Crippen LogP contribution in [0.4, 0.5) is 0 Å². The summed E-state index contributed by atoms with van der Waals surface area (Å²) in [5.41, 5.74) is 1.19. The van der Waals surface area contributed by atoms with Gasteiger partial charge in [-0.3, -0.25) is 9.69 Å². The molecule has 104 valence electrons. The van der Waals surface area contributed by atoms with Gasteiger partial charge in [0.05, 0.1) is 13.0 Å². The molecule has 0 aliphatic carbocycles. The Bertz CT molecular complexity index is 430. The quantitative estimate of drug-likeness (QED) is 0.906. The van der Waals surface area contributed by atoms with Gasteiger partial charge in [-0.15, -0.1) is 0 Å². The first-order chi connectivity index (χ1) is 9.11. The normalized spacial score (nSPS) is 24.1. The Morgan fingerprint density at radius 3 is 2.68 bits per heavy atom. The molecule has 4 heteroatoms. The molecular weight excluding hydrogens is 242 g/mol. The molecule has 1 heterocycles. The Kier molecular flexibility index (Phi) is 4.43. The molecule has 0 bridgehead atoms. The third-order valence-corrected chi connectivity index (χ3v) is 3.98. The van der Waals surface area contributed by atoms with Gasteiger partial charge in [-0.2, -0.15) is 0 Å². The molecule has 1 aromatic carbocycles. The maximum absolute atomic E-state index is 11.2. The van der Waals surface area contributed by atoms with Crippen molar-refractivity contribution in [3.63, 3.8) is 0 Å². The number of aliphatic carboxylic acids is 1. The number of piperidine rings is 1. The number of nitrogens with zero attached hydrogens (tertiary/aromatic N) is 1. The number of benzene rings is 1. The molecule has 1 aliphatic heterocycles. The fourth-order valence-electron chi connectivity index (χ4n) is 2.73. The van der Waals surface area contributed by atoms with Crippen molar-refractivity contribution in [1.82, 2.24) is 4.90 Å². The summed E-state index contributed by atoms with van der Waals surface area (Å²) in [6.07, 6.45) is 1.74. The van der Waals surface area contributed by atoms with Crippen LogP contribution in [0.1, 0.15) is 25.3 Å². The Morgan fingerprint density at radius 1 is 1.42 bits per heavy atom. The van der Waals surface area contributed by atoms with Gasteiger partial charge in [0.25, 0.3) is 0 Å². The molecule has 1 N–H and O–H groups in total. The molecule has 2 rings (SSSR count). The lowest BCUT2D eigenvalue weighted by Crippen LogP contribution is -2.45. The largest absolute Gasteiger partial charge is 0.497 e. The van der Waals surface area contributed by atoms with Crippen LogP contribution < -0.4 is 4.74 Å². The van der Waals surface area contributed by atoms with Gasteiger partial charge in [0, 0.05) is 12.6 Å². The predicted octanol–water partition coefficient (Wildman–Crippen LogP) is 2.38. The number of rotatable bonds is 4. The van der Waals surface area contributed by atoms with E-state index < -0.39 is 5.97 Å². The minimum absolute atomic E-state index is 0.0911. The van der Waals surface area contributed by atoms with Gasteiger partial charge in [-0.05, 0) is 44.0 Å². The van der Waals surface area contributed by atoms with Crippen molar-refractivity contribution in [1.29, 1.82) is 0 Å². The summed E-state index contributed by atoms with van der Waals surface area (Å²) in [5, 5.41) is 9.22. The summed E-state index contributed by atoms with van der Waals surface area (Å²) in [5.74, 6) is -0.0715. The summed E-state index contributed by atoms with van der Waals surface area (Å²) >= 11 is 0. The number of hydrogen-bond donors (Lipinski definition) is 1. The molecular formula is C15H21NO3. The molecule has 2 atom stereocenters. The lowest BCUT2D eigenvalue weighted by atomic mass is 9.90. The van der Waals surface area contributed by atoms with Crippen LogP contribution in [-0.4, -0.2) is 35.7 Å². The van der Waals surface area contributed by atoms with Crippen molar-refractivity contribution < 1.29 is 14.6 Å². The lowest BCUT2D eigenvalue weighted by Gasteiger charge is -2.37. The second-order valence-electron chi connectivity index (χ2n) is 5.15. The first-order valence-corrected chi connectivity index (χ1v) is 6.71. The van der Waals surface area contributed by atoms with E-state index in [4.69, 9.17) is 4.74 Å². The molecule has 1 fully saturated rings. The average molecular weight is 263 g/mol. The Morgan fingerprint density at radius 2 is 2.11 bits per heavy atom. The zero-order valence-corrected chi connectivity index (χ0v) is 11.5. The van der Waals surface area contributed by atoms with Gasteiger partial charge in [0.2, 0.25) is 0 Å². The van der Waals surface area contributed by atoms with Gasteiger partial charge in [-0.1, -0.05) is 12.1 Å². The zero-order valence-electron chi connectivity index (χ0n) is 11.5. The van der Waals surface area contributed by atoms with E-state index in [1.807, 2.05) is 31.2 Å². The monoisotopic (exact) mass is 263 g/mol. The Balaban J connectivity index is 2.02. The number of hydrogen-bond acceptors (Lipinski definition) is 3.